The van der Waals surface area contributed by atoms with Crippen LogP contribution in [0.5, 0.6) is 0 Å². The number of carbonyl (C=O) groups excluding carboxylic acids is 1. The Morgan fingerprint density at radius 2 is 1.73 bits per heavy atom. The molecule has 1 aliphatic heterocycles. The van der Waals surface area contributed by atoms with Crippen LogP contribution >= 0.6 is 12.6 Å². The van der Waals surface area contributed by atoms with Gasteiger partial charge in [-0.25, -0.2) is 14.8 Å². The molecule has 3 rings (SSSR count). The Morgan fingerprint density at radius 1 is 1.05 bits per heavy atom. The van der Waals surface area contributed by atoms with Crippen molar-refractivity contribution in [3.63, 3.8) is 0 Å². The first kappa shape index (κ1) is 14.6. The molecule has 0 radical (unpaired) electrons. The first-order valence-electron chi connectivity index (χ1n) is 7.10. The van der Waals surface area contributed by atoms with Crippen LogP contribution in [0.1, 0.15) is 0 Å². The minimum Gasteiger partial charge on any atom is -0.337 e. The lowest BCUT2D eigenvalue weighted by molar-refractivity contribution is 0.208. The number of para-hydroxylation sites is 1. The average molecular weight is 315 g/mol. The van der Waals surface area contributed by atoms with Crippen molar-refractivity contribution in [2.24, 2.45) is 0 Å². The summed E-state index contributed by atoms with van der Waals surface area (Å²) in [4.78, 5) is 25.4. The third-order valence-corrected chi connectivity index (χ3v) is 3.94. The number of amides is 2. The molecule has 7 heteroatoms. The highest BCUT2D eigenvalue weighted by Gasteiger charge is 2.22. The van der Waals surface area contributed by atoms with E-state index in [4.69, 9.17) is 0 Å². The number of hydrogen-bond donors (Lipinski definition) is 2. The SMILES string of the molecule is O=C(Nc1ccccc1S)N1CCN(c2ncccn2)CC1. The van der Waals surface area contributed by atoms with Crippen LogP contribution in [0.25, 0.3) is 0 Å². The summed E-state index contributed by atoms with van der Waals surface area (Å²) in [5, 5.41) is 2.90. The van der Waals surface area contributed by atoms with Gasteiger partial charge >= 0.3 is 6.03 Å². The molecule has 1 aromatic heterocycles. The fourth-order valence-corrected chi connectivity index (χ4v) is 2.55. The lowest BCUT2D eigenvalue weighted by Crippen LogP contribution is -2.50. The van der Waals surface area contributed by atoms with E-state index in [1.54, 1.807) is 23.4 Å². The molecular formula is C15H17N5OS. The summed E-state index contributed by atoms with van der Waals surface area (Å²) in [6.45, 7) is 2.72. The van der Waals surface area contributed by atoms with E-state index in [0.29, 0.717) is 19.0 Å². The fourth-order valence-electron chi connectivity index (χ4n) is 2.34. The molecule has 0 unspecified atom stereocenters. The number of benzene rings is 1. The van der Waals surface area contributed by atoms with Gasteiger partial charge in [-0.1, -0.05) is 12.1 Å². The van der Waals surface area contributed by atoms with Crippen molar-refractivity contribution in [2.75, 3.05) is 36.4 Å². The van der Waals surface area contributed by atoms with Gasteiger partial charge in [0.25, 0.3) is 0 Å². The van der Waals surface area contributed by atoms with Gasteiger partial charge < -0.3 is 15.1 Å². The van der Waals surface area contributed by atoms with E-state index in [1.807, 2.05) is 24.3 Å². The summed E-state index contributed by atoms with van der Waals surface area (Å²) in [6.07, 6.45) is 3.45. The molecule has 2 heterocycles. The zero-order valence-corrected chi connectivity index (χ0v) is 12.9. The predicted octanol–water partition coefficient (Wildman–Crippen LogP) is 2.12. The average Bonchev–Trinajstić information content (AvgIpc) is 2.58. The summed E-state index contributed by atoms with van der Waals surface area (Å²) < 4.78 is 0. The Balaban J connectivity index is 1.57. The second kappa shape index (κ2) is 6.65. The van der Waals surface area contributed by atoms with Gasteiger partial charge in [0.2, 0.25) is 5.95 Å². The lowest BCUT2D eigenvalue weighted by Gasteiger charge is -2.34. The van der Waals surface area contributed by atoms with Gasteiger partial charge in [0, 0.05) is 43.5 Å². The Morgan fingerprint density at radius 3 is 2.41 bits per heavy atom. The topological polar surface area (TPSA) is 61.4 Å². The molecule has 114 valence electrons. The van der Waals surface area contributed by atoms with Crippen molar-refractivity contribution >= 4 is 30.3 Å². The second-order valence-electron chi connectivity index (χ2n) is 4.97. The molecule has 0 atom stereocenters. The molecule has 0 bridgehead atoms. The van der Waals surface area contributed by atoms with Gasteiger partial charge in [0.15, 0.2) is 0 Å². The first-order valence-corrected chi connectivity index (χ1v) is 7.54. The van der Waals surface area contributed by atoms with Gasteiger partial charge in [-0.05, 0) is 18.2 Å². The molecule has 0 spiro atoms. The van der Waals surface area contributed by atoms with Crippen LogP contribution in [0.3, 0.4) is 0 Å². The Bertz CT molecular complexity index is 643. The number of rotatable bonds is 2. The van der Waals surface area contributed by atoms with Crippen molar-refractivity contribution in [1.82, 2.24) is 14.9 Å². The fraction of sp³-hybridized carbons (Fsp3) is 0.267. The highest BCUT2D eigenvalue weighted by molar-refractivity contribution is 7.80. The molecule has 1 fully saturated rings. The second-order valence-corrected chi connectivity index (χ2v) is 5.45. The molecule has 6 nitrogen and oxygen atoms in total. The van der Waals surface area contributed by atoms with Gasteiger partial charge in [0.1, 0.15) is 0 Å². The number of thiol groups is 1. The van der Waals surface area contributed by atoms with E-state index in [2.05, 4.69) is 32.8 Å². The Hall–Kier alpha value is -2.28. The molecule has 2 aromatic rings. The lowest BCUT2D eigenvalue weighted by atomic mass is 10.3. The number of aromatic nitrogens is 2. The maximum atomic E-state index is 12.3. The molecule has 0 aliphatic carbocycles. The van der Waals surface area contributed by atoms with E-state index in [-0.39, 0.29) is 6.03 Å². The maximum Gasteiger partial charge on any atom is 0.321 e. The summed E-state index contributed by atoms with van der Waals surface area (Å²) in [5.41, 5.74) is 0.727. The van der Waals surface area contributed by atoms with Crippen LogP contribution in [-0.2, 0) is 0 Å². The number of anilines is 2. The summed E-state index contributed by atoms with van der Waals surface area (Å²) >= 11 is 4.34. The number of piperazine rings is 1. The van der Waals surface area contributed by atoms with E-state index < -0.39 is 0 Å². The number of urea groups is 1. The monoisotopic (exact) mass is 315 g/mol. The van der Waals surface area contributed by atoms with Crippen LogP contribution in [0, 0.1) is 0 Å². The van der Waals surface area contributed by atoms with Gasteiger partial charge in [-0.15, -0.1) is 12.6 Å². The maximum absolute atomic E-state index is 12.3. The number of nitrogens with one attached hydrogen (secondary N) is 1. The van der Waals surface area contributed by atoms with Crippen LogP contribution in [0.4, 0.5) is 16.4 Å². The summed E-state index contributed by atoms with van der Waals surface area (Å²) in [5.74, 6) is 0.711. The standard InChI is InChI=1S/C15H17N5OS/c21-15(18-12-4-1-2-5-13(12)22)20-10-8-19(9-11-20)14-16-6-3-7-17-14/h1-7,22H,8-11H2,(H,18,21). The predicted molar refractivity (Wildman–Crippen MR) is 88.5 cm³/mol. The van der Waals surface area contributed by atoms with Crippen molar-refractivity contribution in [1.29, 1.82) is 0 Å². The van der Waals surface area contributed by atoms with Gasteiger partial charge in [-0.2, -0.15) is 0 Å². The molecule has 1 N–H and O–H groups in total. The molecule has 1 aromatic carbocycles. The van der Waals surface area contributed by atoms with Crippen LogP contribution < -0.4 is 10.2 Å². The highest BCUT2D eigenvalue weighted by Crippen LogP contribution is 2.19. The third-order valence-electron chi connectivity index (χ3n) is 3.55. The summed E-state index contributed by atoms with van der Waals surface area (Å²) in [7, 11) is 0. The zero-order valence-electron chi connectivity index (χ0n) is 12.0. The molecule has 1 saturated heterocycles. The molecule has 0 saturated carbocycles. The molecule has 22 heavy (non-hydrogen) atoms. The summed E-state index contributed by atoms with van der Waals surface area (Å²) in [6, 6.07) is 9.14. The number of nitrogens with zero attached hydrogens (tertiary/aromatic N) is 4. The normalized spacial score (nSPS) is 14.8. The highest BCUT2D eigenvalue weighted by atomic mass is 32.1. The number of carbonyl (C=O) groups is 1. The van der Waals surface area contributed by atoms with Crippen molar-refractivity contribution < 1.29 is 4.79 Å². The van der Waals surface area contributed by atoms with E-state index in [9.17, 15) is 4.79 Å². The smallest absolute Gasteiger partial charge is 0.321 e. The van der Waals surface area contributed by atoms with E-state index in [0.717, 1.165) is 23.7 Å². The zero-order chi connectivity index (χ0) is 15.4. The van der Waals surface area contributed by atoms with Crippen molar-refractivity contribution in [3.8, 4) is 0 Å². The van der Waals surface area contributed by atoms with E-state index >= 15 is 0 Å². The minimum atomic E-state index is -0.102. The Labute approximate surface area is 134 Å². The van der Waals surface area contributed by atoms with Crippen LogP contribution in [-0.4, -0.2) is 47.1 Å². The molecule has 2 amide bonds. The van der Waals surface area contributed by atoms with Gasteiger partial charge in [0.05, 0.1) is 5.69 Å². The van der Waals surface area contributed by atoms with Crippen molar-refractivity contribution in [2.45, 2.75) is 4.90 Å². The molecule has 1 aliphatic rings. The van der Waals surface area contributed by atoms with E-state index in [1.165, 1.54) is 0 Å². The quantitative estimate of drug-likeness (QED) is 0.834. The van der Waals surface area contributed by atoms with Crippen molar-refractivity contribution in [3.05, 3.63) is 42.7 Å². The van der Waals surface area contributed by atoms with Crippen LogP contribution in [0.2, 0.25) is 0 Å². The number of hydrogen-bond acceptors (Lipinski definition) is 5. The Kier molecular flexibility index (Phi) is 4.43. The minimum absolute atomic E-state index is 0.102. The molecular weight excluding hydrogens is 298 g/mol. The van der Waals surface area contributed by atoms with Gasteiger partial charge in [-0.3, -0.25) is 0 Å². The van der Waals surface area contributed by atoms with Crippen LogP contribution in [0.15, 0.2) is 47.6 Å². The third kappa shape index (κ3) is 3.30. The largest absolute Gasteiger partial charge is 0.337 e. The first-order chi connectivity index (χ1) is 10.7.